The van der Waals surface area contributed by atoms with E-state index in [-0.39, 0.29) is 5.56 Å². The summed E-state index contributed by atoms with van der Waals surface area (Å²) in [6.07, 6.45) is 0. The Morgan fingerprint density at radius 1 is 1.35 bits per heavy atom. The lowest BCUT2D eigenvalue weighted by Crippen LogP contribution is -2.21. The standard InChI is InChI=1S/C11H14FNO3S/c1-6(2)10(14)9-8(12)5-4-7(3)11(9)17(13,15)16/h4-6H,1-3H3,(H2,13,15,16). The summed E-state index contributed by atoms with van der Waals surface area (Å²) in [5, 5.41) is 5.02. The third-order valence-corrected chi connectivity index (χ3v) is 3.45. The van der Waals surface area contributed by atoms with Crippen molar-refractivity contribution >= 4 is 15.8 Å². The van der Waals surface area contributed by atoms with Crippen molar-refractivity contribution in [1.82, 2.24) is 0 Å². The molecule has 0 amide bonds. The predicted octanol–water partition coefficient (Wildman–Crippen LogP) is 1.62. The van der Waals surface area contributed by atoms with Gasteiger partial charge in [-0.1, -0.05) is 19.9 Å². The topological polar surface area (TPSA) is 77.2 Å². The molecule has 94 valence electrons. The van der Waals surface area contributed by atoms with Crippen molar-refractivity contribution in [3.63, 3.8) is 0 Å². The zero-order valence-electron chi connectivity index (χ0n) is 9.82. The van der Waals surface area contributed by atoms with Gasteiger partial charge in [0, 0.05) is 5.92 Å². The van der Waals surface area contributed by atoms with Crippen molar-refractivity contribution in [3.05, 3.63) is 29.1 Å². The lowest BCUT2D eigenvalue weighted by atomic mass is 9.99. The van der Waals surface area contributed by atoms with Crippen LogP contribution in [0.5, 0.6) is 0 Å². The monoisotopic (exact) mass is 259 g/mol. The Balaban J connectivity index is 3.69. The molecule has 0 saturated heterocycles. The number of carbonyl (C=O) groups is 1. The van der Waals surface area contributed by atoms with Gasteiger partial charge in [0.1, 0.15) is 5.82 Å². The number of sulfonamides is 1. The molecule has 0 radical (unpaired) electrons. The highest BCUT2D eigenvalue weighted by Gasteiger charge is 2.26. The molecule has 4 nitrogen and oxygen atoms in total. The molecule has 0 spiro atoms. The highest BCUT2D eigenvalue weighted by Crippen LogP contribution is 2.24. The van der Waals surface area contributed by atoms with Gasteiger partial charge in [-0.25, -0.2) is 17.9 Å². The van der Waals surface area contributed by atoms with E-state index in [0.29, 0.717) is 0 Å². The zero-order chi connectivity index (χ0) is 13.4. The number of hydrogen-bond acceptors (Lipinski definition) is 3. The summed E-state index contributed by atoms with van der Waals surface area (Å²) in [6.45, 7) is 4.60. The Morgan fingerprint density at radius 3 is 2.29 bits per heavy atom. The number of carbonyl (C=O) groups excluding carboxylic acids is 1. The van der Waals surface area contributed by atoms with E-state index in [4.69, 9.17) is 5.14 Å². The van der Waals surface area contributed by atoms with Gasteiger partial charge in [-0.15, -0.1) is 0 Å². The minimum atomic E-state index is -4.13. The van der Waals surface area contributed by atoms with Crippen molar-refractivity contribution in [2.45, 2.75) is 25.7 Å². The van der Waals surface area contributed by atoms with Crippen LogP contribution in [0.15, 0.2) is 17.0 Å². The minimum absolute atomic E-state index is 0.262. The second-order valence-corrected chi connectivity index (χ2v) is 5.63. The van der Waals surface area contributed by atoms with Gasteiger partial charge < -0.3 is 0 Å². The molecule has 6 heteroatoms. The van der Waals surface area contributed by atoms with E-state index in [1.165, 1.54) is 13.0 Å². The highest BCUT2D eigenvalue weighted by molar-refractivity contribution is 7.89. The van der Waals surface area contributed by atoms with E-state index >= 15 is 0 Å². The van der Waals surface area contributed by atoms with E-state index in [1.807, 2.05) is 0 Å². The van der Waals surface area contributed by atoms with Gasteiger partial charge in [-0.2, -0.15) is 0 Å². The molecule has 1 rings (SSSR count). The Labute approximate surface area is 99.7 Å². The second kappa shape index (κ2) is 4.54. The molecule has 0 saturated carbocycles. The maximum atomic E-state index is 13.6. The lowest BCUT2D eigenvalue weighted by Gasteiger charge is -2.12. The van der Waals surface area contributed by atoms with Crippen LogP contribution in [0.3, 0.4) is 0 Å². The number of benzene rings is 1. The molecule has 0 atom stereocenters. The van der Waals surface area contributed by atoms with Crippen LogP contribution in [0, 0.1) is 18.7 Å². The Hall–Kier alpha value is -1.27. The number of hydrogen-bond donors (Lipinski definition) is 1. The molecule has 1 aromatic carbocycles. The average molecular weight is 259 g/mol. The normalized spacial score (nSPS) is 11.9. The molecule has 0 fully saturated rings. The van der Waals surface area contributed by atoms with Crippen LogP contribution >= 0.6 is 0 Å². The van der Waals surface area contributed by atoms with Crippen LogP contribution in [0.2, 0.25) is 0 Å². The molecule has 0 aliphatic heterocycles. The van der Waals surface area contributed by atoms with E-state index in [9.17, 15) is 17.6 Å². The quantitative estimate of drug-likeness (QED) is 0.838. The first kappa shape index (κ1) is 13.8. The first-order valence-electron chi connectivity index (χ1n) is 5.02. The molecule has 0 aliphatic rings. The van der Waals surface area contributed by atoms with Gasteiger partial charge in [0.2, 0.25) is 10.0 Å². The number of ketones is 1. The van der Waals surface area contributed by atoms with Gasteiger partial charge in [0.15, 0.2) is 5.78 Å². The van der Waals surface area contributed by atoms with Gasteiger partial charge in [0.25, 0.3) is 0 Å². The molecule has 0 bridgehead atoms. The predicted molar refractivity (Wildman–Crippen MR) is 61.7 cm³/mol. The van der Waals surface area contributed by atoms with Crippen molar-refractivity contribution in [1.29, 1.82) is 0 Å². The van der Waals surface area contributed by atoms with E-state index in [2.05, 4.69) is 0 Å². The summed E-state index contributed by atoms with van der Waals surface area (Å²) in [5.41, 5.74) is -0.180. The largest absolute Gasteiger partial charge is 0.294 e. The number of nitrogens with two attached hydrogens (primary N) is 1. The SMILES string of the molecule is Cc1ccc(F)c(C(=O)C(C)C)c1S(N)(=O)=O. The summed E-state index contributed by atoms with van der Waals surface area (Å²) in [5.74, 6) is -1.94. The fourth-order valence-electron chi connectivity index (χ4n) is 1.55. The fraction of sp³-hybridized carbons (Fsp3) is 0.364. The molecule has 1 aromatic rings. The maximum absolute atomic E-state index is 13.6. The van der Waals surface area contributed by atoms with Crippen molar-refractivity contribution in [2.24, 2.45) is 11.1 Å². The number of rotatable bonds is 3. The first-order chi connectivity index (χ1) is 7.66. The number of primary sulfonamides is 1. The molecule has 0 heterocycles. The molecular weight excluding hydrogens is 245 g/mol. The first-order valence-corrected chi connectivity index (χ1v) is 6.57. The number of halogens is 1. The molecule has 0 unspecified atom stereocenters. The van der Waals surface area contributed by atoms with Crippen LogP contribution in [-0.4, -0.2) is 14.2 Å². The van der Waals surface area contributed by atoms with E-state index in [1.54, 1.807) is 13.8 Å². The van der Waals surface area contributed by atoms with Gasteiger partial charge in [-0.05, 0) is 18.6 Å². The third-order valence-electron chi connectivity index (χ3n) is 2.36. The number of Topliss-reactive ketones (excluding diaryl/α,β-unsaturated/α-hetero) is 1. The molecular formula is C11H14FNO3S. The second-order valence-electron chi connectivity index (χ2n) is 4.13. The van der Waals surface area contributed by atoms with E-state index in [0.717, 1.165) is 6.07 Å². The van der Waals surface area contributed by atoms with Crippen LogP contribution in [0.25, 0.3) is 0 Å². The van der Waals surface area contributed by atoms with E-state index < -0.39 is 38.0 Å². The lowest BCUT2D eigenvalue weighted by molar-refractivity contribution is 0.0931. The van der Waals surface area contributed by atoms with Crippen LogP contribution < -0.4 is 5.14 Å². The summed E-state index contributed by atoms with van der Waals surface area (Å²) in [7, 11) is -4.13. The average Bonchev–Trinajstić information content (AvgIpc) is 2.18. The van der Waals surface area contributed by atoms with Gasteiger partial charge in [0.05, 0.1) is 10.5 Å². The Kier molecular flexibility index (Phi) is 3.68. The maximum Gasteiger partial charge on any atom is 0.239 e. The summed E-state index contributed by atoms with van der Waals surface area (Å²) in [6, 6.07) is 2.35. The minimum Gasteiger partial charge on any atom is -0.294 e. The van der Waals surface area contributed by atoms with Crippen molar-refractivity contribution in [2.75, 3.05) is 0 Å². The zero-order valence-corrected chi connectivity index (χ0v) is 10.6. The number of aryl methyl sites for hydroxylation is 1. The van der Waals surface area contributed by atoms with Gasteiger partial charge >= 0.3 is 0 Å². The molecule has 2 N–H and O–H groups in total. The molecule has 0 aromatic heterocycles. The summed E-state index contributed by atoms with van der Waals surface area (Å²) < 4.78 is 36.5. The molecule has 17 heavy (non-hydrogen) atoms. The smallest absolute Gasteiger partial charge is 0.239 e. The summed E-state index contributed by atoms with van der Waals surface area (Å²) >= 11 is 0. The summed E-state index contributed by atoms with van der Waals surface area (Å²) in [4.78, 5) is 11.4. The van der Waals surface area contributed by atoms with Crippen molar-refractivity contribution < 1.29 is 17.6 Å². The van der Waals surface area contributed by atoms with Gasteiger partial charge in [-0.3, -0.25) is 4.79 Å². The van der Waals surface area contributed by atoms with Crippen LogP contribution in [0.1, 0.15) is 29.8 Å². The fourth-order valence-corrected chi connectivity index (χ4v) is 2.55. The highest BCUT2D eigenvalue weighted by atomic mass is 32.2. The van der Waals surface area contributed by atoms with Crippen LogP contribution in [0.4, 0.5) is 4.39 Å². The molecule has 0 aliphatic carbocycles. The van der Waals surface area contributed by atoms with Crippen LogP contribution in [-0.2, 0) is 10.0 Å². The van der Waals surface area contributed by atoms with Crippen molar-refractivity contribution in [3.8, 4) is 0 Å². The Bertz CT molecular complexity index is 564. The Morgan fingerprint density at radius 2 is 1.88 bits per heavy atom. The third kappa shape index (κ3) is 2.70.